The molecular formula is C16H16N2O4. The van der Waals surface area contributed by atoms with Crippen LogP contribution in [0.15, 0.2) is 42.2 Å². The zero-order chi connectivity index (χ0) is 16.3. The van der Waals surface area contributed by atoms with E-state index in [9.17, 15) is 14.7 Å². The summed E-state index contributed by atoms with van der Waals surface area (Å²) < 4.78 is 6.15. The number of esters is 1. The average molecular weight is 300 g/mol. The van der Waals surface area contributed by atoms with Gasteiger partial charge in [0.2, 0.25) is 0 Å². The molecule has 0 aliphatic heterocycles. The average Bonchev–Trinajstić information content (AvgIpc) is 2.49. The van der Waals surface area contributed by atoms with Crippen LogP contribution in [0.3, 0.4) is 0 Å². The van der Waals surface area contributed by atoms with Crippen LogP contribution in [-0.2, 0) is 11.3 Å². The minimum atomic E-state index is -0.900. The maximum absolute atomic E-state index is 12.5. The quantitative estimate of drug-likeness (QED) is 0.674. The molecule has 0 amide bonds. The Bertz CT molecular complexity index is 821. The molecule has 2 rings (SSSR count). The van der Waals surface area contributed by atoms with Gasteiger partial charge in [-0.25, -0.2) is 9.78 Å². The van der Waals surface area contributed by atoms with Crippen molar-refractivity contribution in [2.45, 2.75) is 13.5 Å². The van der Waals surface area contributed by atoms with Crippen molar-refractivity contribution in [1.82, 2.24) is 9.55 Å². The molecule has 114 valence electrons. The molecule has 0 fully saturated rings. The van der Waals surface area contributed by atoms with Gasteiger partial charge in [0.25, 0.3) is 5.56 Å². The van der Waals surface area contributed by atoms with Gasteiger partial charge in [-0.3, -0.25) is 9.36 Å². The molecule has 2 aromatic rings. The molecule has 2 heterocycles. The summed E-state index contributed by atoms with van der Waals surface area (Å²) in [4.78, 5) is 28.8. The van der Waals surface area contributed by atoms with Gasteiger partial charge in [0.15, 0.2) is 5.56 Å². The molecular weight excluding hydrogens is 284 g/mol. The highest BCUT2D eigenvalue weighted by Gasteiger charge is 2.23. The van der Waals surface area contributed by atoms with Gasteiger partial charge < -0.3 is 9.84 Å². The van der Waals surface area contributed by atoms with Gasteiger partial charge in [-0.2, -0.15) is 0 Å². The fourth-order valence-corrected chi connectivity index (χ4v) is 2.09. The van der Waals surface area contributed by atoms with E-state index in [4.69, 9.17) is 4.74 Å². The first-order valence-corrected chi connectivity index (χ1v) is 6.63. The molecule has 0 bridgehead atoms. The van der Waals surface area contributed by atoms with Gasteiger partial charge in [-0.1, -0.05) is 18.7 Å². The summed E-state index contributed by atoms with van der Waals surface area (Å²) in [5.74, 6) is -1.33. The van der Waals surface area contributed by atoms with Crippen LogP contribution in [0.1, 0.15) is 16.1 Å². The van der Waals surface area contributed by atoms with E-state index in [2.05, 4.69) is 18.1 Å². The summed E-state index contributed by atoms with van der Waals surface area (Å²) in [5, 5.41) is 10.6. The van der Waals surface area contributed by atoms with E-state index < -0.39 is 22.8 Å². The van der Waals surface area contributed by atoms with Gasteiger partial charge in [-0.05, 0) is 19.1 Å². The number of hydrogen-bond donors (Lipinski definition) is 1. The van der Waals surface area contributed by atoms with Crippen molar-refractivity contribution in [2.24, 2.45) is 0 Å². The Morgan fingerprint density at radius 1 is 1.41 bits per heavy atom. The topological polar surface area (TPSA) is 81.4 Å². The number of pyridine rings is 2. The second-order valence-electron chi connectivity index (χ2n) is 4.64. The van der Waals surface area contributed by atoms with Crippen LogP contribution in [0.5, 0.6) is 5.75 Å². The van der Waals surface area contributed by atoms with Crippen LogP contribution in [0, 0.1) is 6.92 Å². The van der Waals surface area contributed by atoms with Gasteiger partial charge in [-0.15, -0.1) is 6.58 Å². The lowest BCUT2D eigenvalue weighted by molar-refractivity contribution is 0.0544. The fraction of sp³-hybridized carbons (Fsp3) is 0.188. The number of carbonyl (C=O) groups is 1. The molecule has 0 aromatic carbocycles. The number of fused-ring (bicyclic) bond motifs is 1. The Morgan fingerprint density at radius 2 is 2.14 bits per heavy atom. The number of nitrogens with zero attached hydrogens (tertiary/aromatic N) is 2. The molecule has 0 atom stereocenters. The number of aryl methyl sites for hydroxylation is 1. The minimum absolute atomic E-state index is 0.0522. The molecule has 0 spiro atoms. The predicted octanol–water partition coefficient (Wildman–Crippen LogP) is 1.94. The van der Waals surface area contributed by atoms with Crippen LogP contribution in [-0.4, -0.2) is 27.2 Å². The molecule has 6 heteroatoms. The second kappa shape index (κ2) is 6.26. The number of aromatic nitrogens is 2. The Kier molecular flexibility index (Phi) is 4.41. The van der Waals surface area contributed by atoms with Crippen LogP contribution in [0.2, 0.25) is 0 Å². The van der Waals surface area contributed by atoms with Crippen LogP contribution in [0.4, 0.5) is 0 Å². The third-order valence-corrected chi connectivity index (χ3v) is 3.07. The minimum Gasteiger partial charge on any atom is -0.506 e. The summed E-state index contributed by atoms with van der Waals surface area (Å²) >= 11 is 0. The predicted molar refractivity (Wildman–Crippen MR) is 83.1 cm³/mol. The van der Waals surface area contributed by atoms with Crippen molar-refractivity contribution >= 4 is 17.0 Å². The Labute approximate surface area is 127 Å². The molecule has 0 radical (unpaired) electrons. The summed E-state index contributed by atoms with van der Waals surface area (Å²) in [5.41, 5.74) is -0.104. The molecule has 0 unspecified atom stereocenters. The van der Waals surface area contributed by atoms with E-state index >= 15 is 0 Å². The van der Waals surface area contributed by atoms with Gasteiger partial charge >= 0.3 is 5.97 Å². The summed E-state index contributed by atoms with van der Waals surface area (Å²) in [7, 11) is 0. The first kappa shape index (κ1) is 15.5. The Balaban J connectivity index is 2.80. The molecule has 2 aromatic heterocycles. The van der Waals surface area contributed by atoms with E-state index in [1.807, 2.05) is 0 Å². The molecule has 0 aliphatic rings. The van der Waals surface area contributed by atoms with Crippen molar-refractivity contribution in [3.8, 4) is 5.75 Å². The van der Waals surface area contributed by atoms with Crippen molar-refractivity contribution < 1.29 is 14.6 Å². The highest BCUT2D eigenvalue weighted by atomic mass is 16.5. The van der Waals surface area contributed by atoms with E-state index in [1.165, 1.54) is 16.7 Å². The molecule has 6 nitrogen and oxygen atoms in total. The summed E-state index contributed by atoms with van der Waals surface area (Å²) in [6.07, 6.45) is 2.89. The van der Waals surface area contributed by atoms with Crippen molar-refractivity contribution in [3.05, 3.63) is 59.1 Å². The zero-order valence-corrected chi connectivity index (χ0v) is 12.2. The van der Waals surface area contributed by atoms with Crippen LogP contribution >= 0.6 is 0 Å². The highest BCUT2D eigenvalue weighted by Crippen LogP contribution is 2.26. The lowest BCUT2D eigenvalue weighted by Gasteiger charge is -2.12. The summed E-state index contributed by atoms with van der Waals surface area (Å²) in [6.45, 7) is 8.90. The zero-order valence-electron chi connectivity index (χ0n) is 12.2. The smallest absolute Gasteiger partial charge is 0.347 e. The molecule has 0 aliphatic carbocycles. The van der Waals surface area contributed by atoms with E-state index in [0.717, 1.165) is 0 Å². The summed E-state index contributed by atoms with van der Waals surface area (Å²) in [6, 6.07) is 3.29. The standard InChI is InChI=1S/C16H16N2O4/c1-4-8-18-14-11(7-6-10(3)17-14)13(19)12(15(18)20)16(21)22-9-5-2/h4-7,19H,1-2,8-9H2,3H3. The lowest BCUT2D eigenvalue weighted by Crippen LogP contribution is -2.28. The first-order chi connectivity index (χ1) is 10.5. The largest absolute Gasteiger partial charge is 0.506 e. The van der Waals surface area contributed by atoms with Crippen LogP contribution in [0.25, 0.3) is 11.0 Å². The highest BCUT2D eigenvalue weighted by molar-refractivity contribution is 5.98. The third kappa shape index (κ3) is 2.63. The number of hydrogen-bond acceptors (Lipinski definition) is 5. The molecule has 22 heavy (non-hydrogen) atoms. The van der Waals surface area contributed by atoms with Crippen molar-refractivity contribution in [3.63, 3.8) is 0 Å². The normalized spacial score (nSPS) is 10.4. The fourth-order valence-electron chi connectivity index (χ4n) is 2.09. The lowest BCUT2D eigenvalue weighted by atomic mass is 10.1. The van der Waals surface area contributed by atoms with Crippen LogP contribution < -0.4 is 5.56 Å². The number of ether oxygens (including phenoxy) is 1. The Hall–Kier alpha value is -2.89. The number of rotatable bonds is 5. The van der Waals surface area contributed by atoms with Crippen molar-refractivity contribution in [1.29, 1.82) is 0 Å². The second-order valence-corrected chi connectivity index (χ2v) is 4.64. The van der Waals surface area contributed by atoms with E-state index in [0.29, 0.717) is 16.7 Å². The molecule has 0 saturated carbocycles. The van der Waals surface area contributed by atoms with E-state index in [-0.39, 0.29) is 13.2 Å². The molecule has 1 N–H and O–H groups in total. The SMILES string of the molecule is C=CCOC(=O)c1c(O)c2ccc(C)nc2n(CC=C)c1=O. The third-order valence-electron chi connectivity index (χ3n) is 3.07. The van der Waals surface area contributed by atoms with Crippen molar-refractivity contribution in [2.75, 3.05) is 6.61 Å². The molecule has 0 saturated heterocycles. The first-order valence-electron chi connectivity index (χ1n) is 6.63. The maximum atomic E-state index is 12.5. The number of aromatic hydroxyl groups is 1. The Morgan fingerprint density at radius 3 is 2.77 bits per heavy atom. The van der Waals surface area contributed by atoms with Gasteiger partial charge in [0.1, 0.15) is 18.0 Å². The van der Waals surface area contributed by atoms with Gasteiger partial charge in [0.05, 0.1) is 5.39 Å². The maximum Gasteiger partial charge on any atom is 0.347 e. The monoisotopic (exact) mass is 300 g/mol. The number of carbonyl (C=O) groups excluding carboxylic acids is 1. The van der Waals surface area contributed by atoms with Gasteiger partial charge in [0, 0.05) is 12.2 Å². The van der Waals surface area contributed by atoms with E-state index in [1.54, 1.807) is 19.1 Å². The number of allylic oxidation sites excluding steroid dienone is 1.